The van der Waals surface area contributed by atoms with Crippen LogP contribution in [-0.2, 0) is 6.42 Å². The second-order valence-electron chi connectivity index (χ2n) is 7.40. The Morgan fingerprint density at radius 3 is 2.86 bits per heavy atom. The van der Waals surface area contributed by atoms with Crippen molar-refractivity contribution in [2.75, 3.05) is 19.6 Å². The molecule has 0 aromatic heterocycles. The molecule has 3 rings (SSSR count). The minimum absolute atomic E-state index is 0.643. The van der Waals surface area contributed by atoms with Gasteiger partial charge in [0.25, 0.3) is 0 Å². The number of aryl methyl sites for hydroxylation is 2. The Labute approximate surface area is 129 Å². The Kier molecular flexibility index (Phi) is 4.66. The lowest BCUT2D eigenvalue weighted by atomic mass is 10.0. The number of fused-ring (bicyclic) bond motifs is 1. The van der Waals surface area contributed by atoms with Gasteiger partial charge in [-0.25, -0.2) is 0 Å². The molecule has 2 atom stereocenters. The summed E-state index contributed by atoms with van der Waals surface area (Å²) in [6.45, 7) is 10.6. The number of hydrogen-bond acceptors (Lipinski definition) is 2. The maximum Gasteiger partial charge on any atom is 0.0354 e. The Morgan fingerprint density at radius 2 is 2.14 bits per heavy atom. The van der Waals surface area contributed by atoms with Gasteiger partial charge in [-0.3, -0.25) is 4.90 Å². The van der Waals surface area contributed by atoms with Crippen molar-refractivity contribution in [2.45, 2.75) is 58.5 Å². The molecule has 0 spiro atoms. The fourth-order valence-electron chi connectivity index (χ4n) is 4.07. The largest absolute Gasteiger partial charge is 0.313 e. The van der Waals surface area contributed by atoms with Crippen LogP contribution in [0.2, 0.25) is 0 Å². The van der Waals surface area contributed by atoms with E-state index in [-0.39, 0.29) is 0 Å². The Balaban J connectivity index is 1.78. The van der Waals surface area contributed by atoms with E-state index < -0.39 is 0 Å². The van der Waals surface area contributed by atoms with Crippen LogP contribution in [0.25, 0.3) is 0 Å². The highest BCUT2D eigenvalue weighted by atomic mass is 15.2. The molecular weight excluding hydrogens is 256 g/mol. The third-order valence-corrected chi connectivity index (χ3v) is 5.01. The van der Waals surface area contributed by atoms with Gasteiger partial charge in [-0.05, 0) is 56.2 Å². The van der Waals surface area contributed by atoms with Gasteiger partial charge in [-0.2, -0.15) is 0 Å². The summed E-state index contributed by atoms with van der Waals surface area (Å²) >= 11 is 0. The SMILES string of the molecule is Cc1ccc2c(c1)C(N(CC(C)C)CC1CCCN1)CC2. The lowest BCUT2D eigenvalue weighted by Crippen LogP contribution is -2.41. The third-order valence-electron chi connectivity index (χ3n) is 5.01. The number of nitrogens with zero attached hydrogens (tertiary/aromatic N) is 1. The molecule has 1 aromatic carbocycles. The van der Waals surface area contributed by atoms with E-state index in [0.29, 0.717) is 12.1 Å². The Bertz CT molecular complexity index is 474. The van der Waals surface area contributed by atoms with Crippen LogP contribution in [0.5, 0.6) is 0 Å². The number of rotatable bonds is 5. The van der Waals surface area contributed by atoms with Crippen LogP contribution in [0.1, 0.15) is 55.8 Å². The van der Waals surface area contributed by atoms with Crippen molar-refractivity contribution in [3.05, 3.63) is 34.9 Å². The predicted molar refractivity (Wildman–Crippen MR) is 89.7 cm³/mol. The van der Waals surface area contributed by atoms with Gasteiger partial charge in [0.2, 0.25) is 0 Å². The summed E-state index contributed by atoms with van der Waals surface area (Å²) in [5.74, 6) is 0.736. The van der Waals surface area contributed by atoms with Crippen molar-refractivity contribution < 1.29 is 0 Å². The van der Waals surface area contributed by atoms with Gasteiger partial charge in [-0.15, -0.1) is 0 Å². The molecule has 1 N–H and O–H groups in total. The molecule has 1 fully saturated rings. The summed E-state index contributed by atoms with van der Waals surface area (Å²) in [5.41, 5.74) is 4.59. The van der Waals surface area contributed by atoms with Crippen molar-refractivity contribution in [2.24, 2.45) is 5.92 Å². The van der Waals surface area contributed by atoms with Crippen LogP contribution >= 0.6 is 0 Å². The highest BCUT2D eigenvalue weighted by Crippen LogP contribution is 2.37. The van der Waals surface area contributed by atoms with Gasteiger partial charge in [0.1, 0.15) is 0 Å². The highest BCUT2D eigenvalue weighted by Gasteiger charge is 2.30. The average molecular weight is 286 g/mol. The maximum absolute atomic E-state index is 3.68. The molecule has 0 bridgehead atoms. The summed E-state index contributed by atoms with van der Waals surface area (Å²) in [4.78, 5) is 2.76. The molecule has 2 aliphatic rings. The Hall–Kier alpha value is -0.860. The number of benzene rings is 1. The average Bonchev–Trinajstić information content (AvgIpc) is 3.06. The van der Waals surface area contributed by atoms with Crippen LogP contribution in [0, 0.1) is 12.8 Å². The van der Waals surface area contributed by atoms with Gasteiger partial charge in [0.15, 0.2) is 0 Å². The van der Waals surface area contributed by atoms with Crippen molar-refractivity contribution >= 4 is 0 Å². The quantitative estimate of drug-likeness (QED) is 0.888. The zero-order chi connectivity index (χ0) is 14.8. The van der Waals surface area contributed by atoms with Gasteiger partial charge >= 0.3 is 0 Å². The molecule has 1 heterocycles. The number of nitrogens with one attached hydrogen (secondary N) is 1. The van der Waals surface area contributed by atoms with E-state index in [4.69, 9.17) is 0 Å². The first-order valence-corrected chi connectivity index (χ1v) is 8.70. The Morgan fingerprint density at radius 1 is 1.29 bits per heavy atom. The summed E-state index contributed by atoms with van der Waals surface area (Å²) in [6.07, 6.45) is 5.26. The molecule has 2 unspecified atom stereocenters. The first-order chi connectivity index (χ1) is 10.1. The first-order valence-electron chi connectivity index (χ1n) is 8.70. The first kappa shape index (κ1) is 15.1. The lowest BCUT2D eigenvalue weighted by Gasteiger charge is -2.33. The van der Waals surface area contributed by atoms with Crippen LogP contribution in [0.15, 0.2) is 18.2 Å². The van der Waals surface area contributed by atoms with E-state index in [1.54, 1.807) is 11.1 Å². The molecule has 21 heavy (non-hydrogen) atoms. The smallest absolute Gasteiger partial charge is 0.0354 e. The van der Waals surface area contributed by atoms with Crippen molar-refractivity contribution in [1.29, 1.82) is 0 Å². The van der Waals surface area contributed by atoms with Gasteiger partial charge in [-0.1, -0.05) is 37.6 Å². The molecule has 1 aliphatic heterocycles. The maximum atomic E-state index is 3.68. The van der Waals surface area contributed by atoms with Crippen LogP contribution in [0.4, 0.5) is 0 Å². The summed E-state index contributed by atoms with van der Waals surface area (Å²) in [5, 5.41) is 3.68. The topological polar surface area (TPSA) is 15.3 Å². The van der Waals surface area contributed by atoms with Gasteiger partial charge < -0.3 is 5.32 Å². The monoisotopic (exact) mass is 286 g/mol. The van der Waals surface area contributed by atoms with E-state index in [2.05, 4.69) is 49.2 Å². The lowest BCUT2D eigenvalue weighted by molar-refractivity contribution is 0.160. The van der Waals surface area contributed by atoms with E-state index in [9.17, 15) is 0 Å². The predicted octanol–water partition coefficient (Wildman–Crippen LogP) is 3.69. The molecule has 1 aliphatic carbocycles. The van der Waals surface area contributed by atoms with E-state index >= 15 is 0 Å². The van der Waals surface area contributed by atoms with Crippen molar-refractivity contribution in [3.63, 3.8) is 0 Å². The highest BCUT2D eigenvalue weighted by molar-refractivity contribution is 5.37. The molecule has 0 saturated carbocycles. The second-order valence-corrected chi connectivity index (χ2v) is 7.40. The van der Waals surface area contributed by atoms with Crippen molar-refractivity contribution in [3.8, 4) is 0 Å². The van der Waals surface area contributed by atoms with E-state index in [1.165, 1.54) is 50.9 Å². The molecule has 1 aromatic rings. The van der Waals surface area contributed by atoms with Gasteiger partial charge in [0.05, 0.1) is 0 Å². The molecule has 2 nitrogen and oxygen atoms in total. The fraction of sp³-hybridized carbons (Fsp3) is 0.684. The zero-order valence-corrected chi connectivity index (χ0v) is 13.9. The third kappa shape index (κ3) is 3.49. The minimum Gasteiger partial charge on any atom is -0.313 e. The van der Waals surface area contributed by atoms with Crippen LogP contribution in [0.3, 0.4) is 0 Å². The summed E-state index contributed by atoms with van der Waals surface area (Å²) in [7, 11) is 0. The van der Waals surface area contributed by atoms with Crippen LogP contribution in [-0.4, -0.2) is 30.6 Å². The molecule has 0 amide bonds. The van der Waals surface area contributed by atoms with Crippen molar-refractivity contribution in [1.82, 2.24) is 10.2 Å². The zero-order valence-electron chi connectivity index (χ0n) is 13.9. The molecule has 2 heteroatoms. The van der Waals surface area contributed by atoms with E-state index in [0.717, 1.165) is 5.92 Å². The van der Waals surface area contributed by atoms with E-state index in [1.807, 2.05) is 0 Å². The fourth-order valence-corrected chi connectivity index (χ4v) is 4.07. The minimum atomic E-state index is 0.643. The van der Waals surface area contributed by atoms with Gasteiger partial charge in [0, 0.05) is 25.2 Å². The summed E-state index contributed by atoms with van der Waals surface area (Å²) in [6, 6.07) is 8.41. The number of hydrogen-bond donors (Lipinski definition) is 1. The summed E-state index contributed by atoms with van der Waals surface area (Å²) < 4.78 is 0. The molecule has 1 saturated heterocycles. The normalized spacial score (nSPS) is 25.0. The standard InChI is InChI=1S/C19H30N2/c1-14(2)12-21(13-17-5-4-10-20-17)19-9-8-16-7-6-15(3)11-18(16)19/h6-7,11,14,17,19-20H,4-5,8-10,12-13H2,1-3H3. The molecule has 0 radical (unpaired) electrons. The van der Waals surface area contributed by atoms with Crippen LogP contribution < -0.4 is 5.32 Å². The molecular formula is C19H30N2. The second kappa shape index (κ2) is 6.50. The molecule has 116 valence electrons.